The van der Waals surface area contributed by atoms with E-state index in [1.54, 1.807) is 30.0 Å². The molecule has 3 rings (SSSR count). The van der Waals surface area contributed by atoms with Crippen LogP contribution in [0.2, 0.25) is 5.02 Å². The van der Waals surface area contributed by atoms with Crippen molar-refractivity contribution in [1.29, 1.82) is 0 Å². The molecule has 1 amide bonds. The Bertz CT molecular complexity index is 854. The number of hydrogen-bond acceptors (Lipinski definition) is 4. The lowest BCUT2D eigenvalue weighted by Gasteiger charge is -2.25. The Kier molecular flexibility index (Phi) is 5.40. The SMILES string of the molecule is O=C(C=Cc1cccc([N+](=O)[O-])c1)NC1CCSc2ccc(Cl)cc21. The van der Waals surface area contributed by atoms with Crippen molar-refractivity contribution in [1.82, 2.24) is 5.32 Å². The molecule has 128 valence electrons. The standard InChI is InChI=1S/C18H15ClN2O3S/c19-13-5-6-17-15(11-13)16(8-9-25-17)20-18(22)7-4-12-2-1-3-14(10-12)21(23)24/h1-7,10-11,16H,8-9H2,(H,20,22). The van der Waals surface area contributed by atoms with E-state index >= 15 is 0 Å². The van der Waals surface area contributed by atoms with Gasteiger partial charge in [0.05, 0.1) is 11.0 Å². The monoisotopic (exact) mass is 374 g/mol. The highest BCUT2D eigenvalue weighted by atomic mass is 35.5. The molecule has 25 heavy (non-hydrogen) atoms. The van der Waals surface area contributed by atoms with Gasteiger partial charge in [0.25, 0.3) is 5.69 Å². The van der Waals surface area contributed by atoms with Gasteiger partial charge in [-0.15, -0.1) is 11.8 Å². The molecule has 1 atom stereocenters. The van der Waals surface area contributed by atoms with E-state index < -0.39 is 4.92 Å². The molecule has 0 radical (unpaired) electrons. The molecule has 1 unspecified atom stereocenters. The van der Waals surface area contributed by atoms with Crippen LogP contribution < -0.4 is 5.32 Å². The minimum Gasteiger partial charge on any atom is -0.346 e. The van der Waals surface area contributed by atoms with Crippen LogP contribution in [0.1, 0.15) is 23.6 Å². The smallest absolute Gasteiger partial charge is 0.270 e. The van der Waals surface area contributed by atoms with Crippen molar-refractivity contribution >= 4 is 41.0 Å². The van der Waals surface area contributed by atoms with Gasteiger partial charge in [-0.3, -0.25) is 14.9 Å². The Balaban J connectivity index is 1.70. The van der Waals surface area contributed by atoms with Crippen molar-refractivity contribution < 1.29 is 9.72 Å². The maximum atomic E-state index is 12.2. The fourth-order valence-electron chi connectivity index (χ4n) is 2.65. The number of nitrogens with zero attached hydrogens (tertiary/aromatic N) is 1. The first-order chi connectivity index (χ1) is 12.0. The molecule has 0 aliphatic carbocycles. The van der Waals surface area contributed by atoms with Crippen LogP contribution in [0, 0.1) is 10.1 Å². The Morgan fingerprint density at radius 3 is 2.96 bits per heavy atom. The molecular formula is C18H15ClN2O3S. The second-order valence-electron chi connectivity index (χ2n) is 5.57. The van der Waals surface area contributed by atoms with Gasteiger partial charge in [0.1, 0.15) is 0 Å². The third-order valence-corrected chi connectivity index (χ3v) is 5.19. The molecule has 1 heterocycles. The summed E-state index contributed by atoms with van der Waals surface area (Å²) in [7, 11) is 0. The van der Waals surface area contributed by atoms with Gasteiger partial charge in [-0.1, -0.05) is 23.7 Å². The zero-order valence-corrected chi connectivity index (χ0v) is 14.7. The first kappa shape index (κ1) is 17.5. The molecule has 5 nitrogen and oxygen atoms in total. The molecule has 2 aromatic carbocycles. The van der Waals surface area contributed by atoms with Crippen molar-refractivity contribution in [3.05, 3.63) is 74.8 Å². The minimum atomic E-state index is -0.461. The van der Waals surface area contributed by atoms with Gasteiger partial charge in [0, 0.05) is 33.9 Å². The van der Waals surface area contributed by atoms with Gasteiger partial charge in [0.2, 0.25) is 5.91 Å². The zero-order valence-electron chi connectivity index (χ0n) is 13.1. The lowest BCUT2D eigenvalue weighted by Crippen LogP contribution is -2.29. The number of nitro benzene ring substituents is 1. The Hall–Kier alpha value is -2.31. The predicted molar refractivity (Wildman–Crippen MR) is 99.8 cm³/mol. The summed E-state index contributed by atoms with van der Waals surface area (Å²) >= 11 is 7.82. The molecule has 0 saturated carbocycles. The Morgan fingerprint density at radius 2 is 2.16 bits per heavy atom. The highest BCUT2D eigenvalue weighted by molar-refractivity contribution is 7.99. The van der Waals surface area contributed by atoms with Crippen LogP contribution in [-0.2, 0) is 4.79 Å². The van der Waals surface area contributed by atoms with Crippen LogP contribution in [-0.4, -0.2) is 16.6 Å². The third kappa shape index (κ3) is 4.41. The largest absolute Gasteiger partial charge is 0.346 e. The predicted octanol–water partition coefficient (Wildman–Crippen LogP) is 4.61. The third-order valence-electron chi connectivity index (χ3n) is 3.84. The number of rotatable bonds is 4. The summed E-state index contributed by atoms with van der Waals surface area (Å²) in [6, 6.07) is 11.8. The van der Waals surface area contributed by atoms with Crippen LogP contribution in [0.4, 0.5) is 5.69 Å². The number of thioether (sulfide) groups is 1. The summed E-state index contributed by atoms with van der Waals surface area (Å²) in [5.41, 5.74) is 1.63. The number of carbonyl (C=O) groups is 1. The minimum absolute atomic E-state index is 0.00423. The number of hydrogen-bond donors (Lipinski definition) is 1. The van der Waals surface area contributed by atoms with Crippen molar-refractivity contribution in [3.8, 4) is 0 Å². The van der Waals surface area contributed by atoms with Crippen LogP contribution in [0.15, 0.2) is 53.4 Å². The van der Waals surface area contributed by atoms with Crippen LogP contribution >= 0.6 is 23.4 Å². The zero-order chi connectivity index (χ0) is 17.8. The highest BCUT2D eigenvalue weighted by Gasteiger charge is 2.21. The maximum Gasteiger partial charge on any atom is 0.270 e. The molecule has 0 spiro atoms. The fourth-order valence-corrected chi connectivity index (χ4v) is 3.94. The van der Waals surface area contributed by atoms with Gasteiger partial charge in [-0.2, -0.15) is 0 Å². The van der Waals surface area contributed by atoms with E-state index in [-0.39, 0.29) is 17.6 Å². The van der Waals surface area contributed by atoms with Crippen molar-refractivity contribution in [3.63, 3.8) is 0 Å². The summed E-state index contributed by atoms with van der Waals surface area (Å²) < 4.78 is 0. The summed E-state index contributed by atoms with van der Waals surface area (Å²) in [5, 5.41) is 14.4. The summed E-state index contributed by atoms with van der Waals surface area (Å²) in [6.45, 7) is 0. The molecule has 0 aromatic heterocycles. The topological polar surface area (TPSA) is 72.2 Å². The number of carbonyl (C=O) groups excluding carboxylic acids is 1. The van der Waals surface area contributed by atoms with E-state index in [1.165, 1.54) is 18.2 Å². The number of non-ortho nitro benzene ring substituents is 1. The molecule has 7 heteroatoms. The number of nitro groups is 1. The summed E-state index contributed by atoms with van der Waals surface area (Å²) in [6.07, 6.45) is 3.79. The number of amides is 1. The lowest BCUT2D eigenvalue weighted by atomic mass is 10.0. The molecule has 0 bridgehead atoms. The van der Waals surface area contributed by atoms with Crippen LogP contribution in [0.25, 0.3) is 6.08 Å². The van der Waals surface area contributed by atoms with Crippen molar-refractivity contribution in [2.75, 3.05) is 5.75 Å². The van der Waals surface area contributed by atoms with Crippen molar-refractivity contribution in [2.45, 2.75) is 17.4 Å². The van der Waals surface area contributed by atoms with E-state index in [0.717, 1.165) is 22.6 Å². The van der Waals surface area contributed by atoms with Gasteiger partial charge in [0.15, 0.2) is 0 Å². The van der Waals surface area contributed by atoms with E-state index in [4.69, 9.17) is 11.6 Å². The summed E-state index contributed by atoms with van der Waals surface area (Å²) in [5.74, 6) is 0.683. The van der Waals surface area contributed by atoms with E-state index in [1.807, 2.05) is 18.2 Å². The molecule has 2 aromatic rings. The van der Waals surface area contributed by atoms with E-state index in [9.17, 15) is 14.9 Å². The maximum absolute atomic E-state index is 12.2. The van der Waals surface area contributed by atoms with Gasteiger partial charge >= 0.3 is 0 Å². The fraction of sp³-hybridized carbons (Fsp3) is 0.167. The molecule has 0 saturated heterocycles. The van der Waals surface area contributed by atoms with Gasteiger partial charge < -0.3 is 5.32 Å². The molecule has 1 N–H and O–H groups in total. The van der Waals surface area contributed by atoms with Gasteiger partial charge in [-0.05, 0) is 41.8 Å². The quantitative estimate of drug-likeness (QED) is 0.481. The Morgan fingerprint density at radius 1 is 1.32 bits per heavy atom. The average Bonchev–Trinajstić information content (AvgIpc) is 2.61. The number of fused-ring (bicyclic) bond motifs is 1. The van der Waals surface area contributed by atoms with Crippen molar-refractivity contribution in [2.24, 2.45) is 0 Å². The van der Waals surface area contributed by atoms with E-state index in [2.05, 4.69) is 5.32 Å². The van der Waals surface area contributed by atoms with E-state index in [0.29, 0.717) is 10.6 Å². The van der Waals surface area contributed by atoms with Gasteiger partial charge in [-0.25, -0.2) is 0 Å². The first-order valence-corrected chi connectivity index (χ1v) is 9.04. The molecular weight excluding hydrogens is 360 g/mol. The number of benzene rings is 2. The van der Waals surface area contributed by atoms with Crippen LogP contribution in [0.3, 0.4) is 0 Å². The number of nitrogens with one attached hydrogen (secondary N) is 1. The normalized spacial score (nSPS) is 16.4. The molecule has 0 fully saturated rings. The van der Waals surface area contributed by atoms with Crippen LogP contribution in [0.5, 0.6) is 0 Å². The second-order valence-corrected chi connectivity index (χ2v) is 7.14. The Labute approximate surface area is 154 Å². The first-order valence-electron chi connectivity index (χ1n) is 7.68. The molecule has 1 aliphatic heterocycles. The lowest BCUT2D eigenvalue weighted by molar-refractivity contribution is -0.384. The number of halogens is 1. The summed E-state index contributed by atoms with van der Waals surface area (Å²) in [4.78, 5) is 23.7. The highest BCUT2D eigenvalue weighted by Crippen LogP contribution is 2.37. The second kappa shape index (κ2) is 7.72. The average molecular weight is 375 g/mol. The molecule has 1 aliphatic rings.